The fourth-order valence-electron chi connectivity index (χ4n) is 1.74. The number of aliphatic carboxylic acids is 2. The predicted molar refractivity (Wildman–Crippen MR) is 92.2 cm³/mol. The van der Waals surface area contributed by atoms with Crippen molar-refractivity contribution in [3.63, 3.8) is 0 Å². The average molecular weight is 364 g/mol. The maximum atomic E-state index is 9.10. The van der Waals surface area contributed by atoms with Crippen molar-refractivity contribution >= 4 is 35.1 Å². The quantitative estimate of drug-likeness (QED) is 0.475. The third-order valence-electron chi connectivity index (χ3n) is 2.97. The van der Waals surface area contributed by atoms with Gasteiger partial charge in [-0.25, -0.2) is 9.59 Å². The van der Waals surface area contributed by atoms with E-state index >= 15 is 0 Å². The fourth-order valence-corrected chi connectivity index (χ4v) is 2.22. The van der Waals surface area contributed by atoms with Crippen molar-refractivity contribution in [1.29, 1.82) is 0 Å². The molecule has 1 aromatic rings. The molecule has 130 valence electrons. The van der Waals surface area contributed by atoms with Gasteiger partial charge in [-0.1, -0.05) is 61.9 Å². The van der Waals surface area contributed by atoms with Gasteiger partial charge in [-0.15, -0.1) is 0 Å². The highest BCUT2D eigenvalue weighted by atomic mass is 35.5. The summed E-state index contributed by atoms with van der Waals surface area (Å²) < 4.78 is 0. The minimum absolute atomic E-state index is 0.693. The Balaban J connectivity index is 0.000000688. The van der Waals surface area contributed by atoms with Crippen LogP contribution in [-0.2, 0) is 16.1 Å². The number of halogens is 2. The van der Waals surface area contributed by atoms with Gasteiger partial charge in [0.1, 0.15) is 0 Å². The Morgan fingerprint density at radius 3 is 2.17 bits per heavy atom. The summed E-state index contributed by atoms with van der Waals surface area (Å²) in [6.07, 6.45) is 6.55. The zero-order valence-corrected chi connectivity index (χ0v) is 14.7. The van der Waals surface area contributed by atoms with E-state index in [-0.39, 0.29) is 0 Å². The zero-order valence-electron chi connectivity index (χ0n) is 13.1. The van der Waals surface area contributed by atoms with Crippen LogP contribution in [0.3, 0.4) is 0 Å². The van der Waals surface area contributed by atoms with Crippen LogP contribution >= 0.6 is 23.2 Å². The highest BCUT2D eigenvalue weighted by Gasteiger charge is 2.04. The van der Waals surface area contributed by atoms with Gasteiger partial charge in [-0.2, -0.15) is 0 Å². The van der Waals surface area contributed by atoms with E-state index in [1.54, 1.807) is 6.07 Å². The molecule has 0 heterocycles. The Bertz CT molecular complexity index is 483. The molecule has 0 amide bonds. The van der Waals surface area contributed by atoms with Crippen LogP contribution in [0.1, 0.15) is 44.6 Å². The van der Waals surface area contributed by atoms with E-state index in [1.165, 1.54) is 32.1 Å². The highest BCUT2D eigenvalue weighted by Crippen LogP contribution is 2.20. The predicted octanol–water partition coefficient (Wildman–Crippen LogP) is 4.21. The van der Waals surface area contributed by atoms with Crippen LogP contribution in [-0.4, -0.2) is 28.7 Å². The molecule has 0 saturated carbocycles. The van der Waals surface area contributed by atoms with Gasteiger partial charge in [0.2, 0.25) is 0 Å². The first-order valence-electron chi connectivity index (χ1n) is 7.49. The first-order valence-corrected chi connectivity index (χ1v) is 8.25. The number of carboxylic acid groups (broad SMARTS) is 2. The lowest BCUT2D eigenvalue weighted by Gasteiger charge is -2.07. The molecule has 0 atom stereocenters. The Kier molecular flexibility index (Phi) is 12.4. The minimum Gasteiger partial charge on any atom is -0.473 e. The van der Waals surface area contributed by atoms with E-state index in [2.05, 4.69) is 12.2 Å². The molecule has 0 aliphatic rings. The van der Waals surface area contributed by atoms with Gasteiger partial charge in [0.25, 0.3) is 0 Å². The average Bonchev–Trinajstić information content (AvgIpc) is 2.48. The molecule has 0 saturated heterocycles. The molecule has 0 aliphatic carbocycles. The number of hydrogen-bond donors (Lipinski definition) is 3. The molecule has 0 aromatic heterocycles. The number of carboxylic acids is 2. The number of unbranched alkanes of at least 4 members (excludes halogenated alkanes) is 4. The molecular weight excluding hydrogens is 341 g/mol. The van der Waals surface area contributed by atoms with Gasteiger partial charge in [-0.3, -0.25) is 0 Å². The summed E-state index contributed by atoms with van der Waals surface area (Å²) in [5.74, 6) is -3.65. The Labute approximate surface area is 146 Å². The molecule has 0 spiro atoms. The smallest absolute Gasteiger partial charge is 0.414 e. The van der Waals surface area contributed by atoms with Crippen LogP contribution in [0.15, 0.2) is 18.2 Å². The van der Waals surface area contributed by atoms with Gasteiger partial charge in [-0.05, 0) is 30.7 Å². The van der Waals surface area contributed by atoms with Gasteiger partial charge in [0, 0.05) is 16.6 Å². The molecule has 1 rings (SSSR count). The monoisotopic (exact) mass is 363 g/mol. The molecule has 0 aliphatic heterocycles. The van der Waals surface area contributed by atoms with Crippen LogP contribution in [0, 0.1) is 0 Å². The lowest BCUT2D eigenvalue weighted by atomic mass is 10.1. The lowest BCUT2D eigenvalue weighted by Crippen LogP contribution is -2.14. The van der Waals surface area contributed by atoms with Crippen LogP contribution in [0.5, 0.6) is 0 Å². The number of rotatable bonds is 8. The third kappa shape index (κ3) is 11.9. The SMILES string of the molecule is CCCCCCCNCc1ccc(Cl)cc1Cl.O=C(O)C(=O)O. The fraction of sp³-hybridized carbons (Fsp3) is 0.500. The summed E-state index contributed by atoms with van der Waals surface area (Å²) in [5.41, 5.74) is 1.12. The van der Waals surface area contributed by atoms with Crippen molar-refractivity contribution in [1.82, 2.24) is 5.32 Å². The Morgan fingerprint density at radius 1 is 1.04 bits per heavy atom. The van der Waals surface area contributed by atoms with Crippen molar-refractivity contribution in [3.05, 3.63) is 33.8 Å². The molecular formula is C16H23Cl2NO4. The third-order valence-corrected chi connectivity index (χ3v) is 3.56. The second kappa shape index (κ2) is 13.2. The largest absolute Gasteiger partial charge is 0.473 e. The first-order chi connectivity index (χ1) is 10.9. The van der Waals surface area contributed by atoms with E-state index in [9.17, 15) is 0 Å². The van der Waals surface area contributed by atoms with Crippen molar-refractivity contribution in [3.8, 4) is 0 Å². The van der Waals surface area contributed by atoms with Crippen molar-refractivity contribution in [2.75, 3.05) is 6.54 Å². The molecule has 5 nitrogen and oxygen atoms in total. The van der Waals surface area contributed by atoms with Crippen molar-refractivity contribution < 1.29 is 19.8 Å². The molecule has 23 heavy (non-hydrogen) atoms. The van der Waals surface area contributed by atoms with E-state index in [0.29, 0.717) is 5.02 Å². The second-order valence-corrected chi connectivity index (χ2v) is 5.78. The summed E-state index contributed by atoms with van der Waals surface area (Å²) in [6.45, 7) is 4.12. The highest BCUT2D eigenvalue weighted by molar-refractivity contribution is 6.35. The van der Waals surface area contributed by atoms with Gasteiger partial charge in [0.05, 0.1) is 0 Å². The topological polar surface area (TPSA) is 86.6 Å². The molecule has 0 bridgehead atoms. The number of hydrogen-bond acceptors (Lipinski definition) is 3. The van der Waals surface area contributed by atoms with E-state index in [1.807, 2.05) is 12.1 Å². The molecule has 0 unspecified atom stereocenters. The van der Waals surface area contributed by atoms with Crippen LogP contribution < -0.4 is 5.32 Å². The molecule has 0 fully saturated rings. The Hall–Kier alpha value is -1.30. The molecule has 0 radical (unpaired) electrons. The second-order valence-electron chi connectivity index (χ2n) is 4.94. The van der Waals surface area contributed by atoms with Crippen LogP contribution in [0.4, 0.5) is 0 Å². The summed E-state index contributed by atoms with van der Waals surface area (Å²) >= 11 is 11.9. The van der Waals surface area contributed by atoms with Crippen LogP contribution in [0.2, 0.25) is 10.0 Å². The summed E-state index contributed by atoms with van der Waals surface area (Å²) in [4.78, 5) is 18.2. The van der Waals surface area contributed by atoms with Crippen molar-refractivity contribution in [2.24, 2.45) is 0 Å². The van der Waals surface area contributed by atoms with Gasteiger partial charge >= 0.3 is 11.9 Å². The molecule has 3 N–H and O–H groups in total. The number of nitrogens with one attached hydrogen (secondary N) is 1. The van der Waals surface area contributed by atoms with E-state index in [0.717, 1.165) is 23.7 Å². The Morgan fingerprint density at radius 2 is 1.65 bits per heavy atom. The summed E-state index contributed by atoms with van der Waals surface area (Å²) in [6, 6.07) is 5.65. The molecule has 1 aromatic carbocycles. The zero-order chi connectivity index (χ0) is 17.7. The maximum absolute atomic E-state index is 9.10. The van der Waals surface area contributed by atoms with Gasteiger partial charge < -0.3 is 15.5 Å². The number of benzene rings is 1. The van der Waals surface area contributed by atoms with E-state index in [4.69, 9.17) is 43.0 Å². The van der Waals surface area contributed by atoms with Gasteiger partial charge in [0.15, 0.2) is 0 Å². The normalized spacial score (nSPS) is 9.87. The first kappa shape index (κ1) is 21.7. The van der Waals surface area contributed by atoms with Crippen LogP contribution in [0.25, 0.3) is 0 Å². The van der Waals surface area contributed by atoms with E-state index < -0.39 is 11.9 Å². The molecule has 7 heteroatoms. The lowest BCUT2D eigenvalue weighted by molar-refractivity contribution is -0.159. The maximum Gasteiger partial charge on any atom is 0.414 e. The number of carbonyl (C=O) groups is 2. The standard InChI is InChI=1S/C14H21Cl2N.C2H2O4/c1-2-3-4-5-6-9-17-11-12-7-8-13(15)10-14(12)16;3-1(4)2(5)6/h7-8,10,17H,2-6,9,11H2,1H3;(H,3,4)(H,5,6). The summed E-state index contributed by atoms with van der Waals surface area (Å²) in [7, 11) is 0. The van der Waals surface area contributed by atoms with Crippen molar-refractivity contribution in [2.45, 2.75) is 45.6 Å². The summed E-state index contributed by atoms with van der Waals surface area (Å²) in [5, 5.41) is 19.6. The minimum atomic E-state index is -1.82.